The molecule has 0 aliphatic rings. The zero-order chi connectivity index (χ0) is 29.8. The number of aliphatic hydroxyl groups excluding tert-OH is 1. The van der Waals surface area contributed by atoms with Crippen molar-refractivity contribution in [2.75, 3.05) is 38.4 Å². The number of benzene rings is 2. The van der Waals surface area contributed by atoms with Gasteiger partial charge in [-0.3, -0.25) is 14.2 Å². The maximum absolute atomic E-state index is 14.4. The number of anilines is 2. The molecule has 1 atom stereocenters. The molecular weight excluding hydrogens is 536 g/mol. The number of fused-ring (bicyclic) bond motifs is 1. The van der Waals surface area contributed by atoms with Gasteiger partial charge in [0.15, 0.2) is 0 Å². The van der Waals surface area contributed by atoms with Crippen LogP contribution in [0.3, 0.4) is 0 Å². The van der Waals surface area contributed by atoms with Crippen molar-refractivity contribution in [1.82, 2.24) is 29.4 Å². The van der Waals surface area contributed by atoms with Gasteiger partial charge in [-0.25, -0.2) is 15.0 Å². The number of para-hydroxylation sites is 1. The summed E-state index contributed by atoms with van der Waals surface area (Å²) < 4.78 is 6.85. The highest BCUT2D eigenvalue weighted by molar-refractivity contribution is 5.98. The highest BCUT2D eigenvalue weighted by atomic mass is 16.5. The van der Waals surface area contributed by atoms with Crippen molar-refractivity contribution in [3.05, 3.63) is 94.8 Å². The Balaban J connectivity index is 1.68. The summed E-state index contributed by atoms with van der Waals surface area (Å²) >= 11 is 0. The van der Waals surface area contributed by atoms with E-state index in [0.29, 0.717) is 33.9 Å². The van der Waals surface area contributed by atoms with E-state index < -0.39 is 11.9 Å². The predicted octanol–water partition coefficient (Wildman–Crippen LogP) is 3.07. The molecule has 0 radical (unpaired) electrons. The van der Waals surface area contributed by atoms with Gasteiger partial charge in [-0.15, -0.1) is 0 Å². The molecule has 1 amide bonds. The van der Waals surface area contributed by atoms with E-state index in [1.807, 2.05) is 55.5 Å². The van der Waals surface area contributed by atoms with Gasteiger partial charge >= 0.3 is 0 Å². The first-order valence-corrected chi connectivity index (χ1v) is 13.2. The second-order valence-electron chi connectivity index (χ2n) is 9.54. The van der Waals surface area contributed by atoms with Crippen molar-refractivity contribution in [2.45, 2.75) is 13.0 Å². The lowest BCUT2D eigenvalue weighted by Gasteiger charge is -2.23. The third kappa shape index (κ3) is 5.47. The minimum atomic E-state index is -0.615. The van der Waals surface area contributed by atoms with Crippen LogP contribution in [0.1, 0.15) is 29.1 Å². The van der Waals surface area contributed by atoms with Crippen molar-refractivity contribution in [1.29, 1.82) is 0 Å². The third-order valence-electron chi connectivity index (χ3n) is 6.75. The quantitative estimate of drug-likeness (QED) is 0.242. The number of pyridine rings is 1. The highest BCUT2D eigenvalue weighted by Crippen LogP contribution is 2.30. The summed E-state index contributed by atoms with van der Waals surface area (Å²) in [5, 5.41) is 12.9. The number of nitrogen functional groups attached to an aromatic ring is 1. The predicted molar refractivity (Wildman–Crippen MR) is 160 cm³/mol. The van der Waals surface area contributed by atoms with Crippen LogP contribution in [-0.2, 0) is 0 Å². The number of amides is 1. The van der Waals surface area contributed by atoms with E-state index in [2.05, 4.69) is 20.3 Å². The second-order valence-corrected chi connectivity index (χ2v) is 9.54. The number of ether oxygens (including phenoxy) is 1. The summed E-state index contributed by atoms with van der Waals surface area (Å²) in [5.41, 5.74) is 8.32. The van der Waals surface area contributed by atoms with Gasteiger partial charge in [0, 0.05) is 32.1 Å². The zero-order valence-electron chi connectivity index (χ0n) is 23.4. The molecule has 0 aliphatic carbocycles. The molecule has 12 heteroatoms. The number of rotatable bonds is 9. The number of aromatic nitrogens is 5. The fraction of sp³-hybridized carbons (Fsp3) is 0.200. The van der Waals surface area contributed by atoms with Crippen molar-refractivity contribution in [3.63, 3.8) is 0 Å². The molecule has 214 valence electrons. The molecule has 1 unspecified atom stereocenters. The summed E-state index contributed by atoms with van der Waals surface area (Å²) in [6, 6.07) is 17.6. The normalized spacial score (nSPS) is 11.7. The van der Waals surface area contributed by atoms with E-state index in [9.17, 15) is 14.7 Å². The maximum Gasteiger partial charge on any atom is 0.266 e. The fourth-order valence-electron chi connectivity index (χ4n) is 4.68. The van der Waals surface area contributed by atoms with Crippen LogP contribution < -0.4 is 21.3 Å². The lowest BCUT2D eigenvalue weighted by Crippen LogP contribution is -2.31. The van der Waals surface area contributed by atoms with E-state index in [1.54, 1.807) is 29.9 Å². The Labute approximate surface area is 241 Å². The molecule has 0 saturated heterocycles. The molecule has 0 saturated carbocycles. The van der Waals surface area contributed by atoms with E-state index in [-0.39, 0.29) is 36.0 Å². The third-order valence-corrected chi connectivity index (χ3v) is 6.75. The van der Waals surface area contributed by atoms with Crippen molar-refractivity contribution in [3.8, 4) is 22.7 Å². The lowest BCUT2D eigenvalue weighted by molar-refractivity contribution is 0.0767. The second kappa shape index (κ2) is 12.0. The minimum Gasteiger partial charge on any atom is -0.481 e. The van der Waals surface area contributed by atoms with Crippen molar-refractivity contribution >= 4 is 28.6 Å². The van der Waals surface area contributed by atoms with Gasteiger partial charge in [-0.05, 0) is 42.3 Å². The average molecular weight is 567 g/mol. The number of likely N-dealkylation sites (N-methyl/N-ethyl adjacent to an activating group) is 1. The Morgan fingerprint density at radius 2 is 1.90 bits per heavy atom. The topological polar surface area (TPSA) is 161 Å². The number of nitrogens with one attached hydrogen (secondary N) is 1. The molecule has 12 nitrogen and oxygen atoms in total. The Morgan fingerprint density at radius 3 is 2.64 bits per heavy atom. The summed E-state index contributed by atoms with van der Waals surface area (Å²) in [4.78, 5) is 46.2. The molecule has 2 aromatic carbocycles. The molecule has 3 heterocycles. The van der Waals surface area contributed by atoms with Gasteiger partial charge in [-0.1, -0.05) is 30.3 Å². The van der Waals surface area contributed by atoms with Gasteiger partial charge in [0.25, 0.3) is 11.5 Å². The average Bonchev–Trinajstić information content (AvgIpc) is 3.01. The van der Waals surface area contributed by atoms with Gasteiger partial charge in [0.2, 0.25) is 11.8 Å². The van der Waals surface area contributed by atoms with Crippen LogP contribution in [0, 0.1) is 0 Å². The monoisotopic (exact) mass is 566 g/mol. The largest absolute Gasteiger partial charge is 0.481 e. The Hall–Kier alpha value is -5.36. The number of nitrogens with zero attached hydrogens (tertiary/aromatic N) is 6. The molecule has 5 aromatic rings. The smallest absolute Gasteiger partial charge is 0.266 e. The van der Waals surface area contributed by atoms with E-state index >= 15 is 0 Å². The minimum absolute atomic E-state index is 0.0320. The number of nitrogens with two attached hydrogens (primary N) is 1. The molecule has 4 N–H and O–H groups in total. The van der Waals surface area contributed by atoms with Crippen LogP contribution in [0.15, 0.2) is 77.9 Å². The van der Waals surface area contributed by atoms with E-state index in [1.165, 1.54) is 18.2 Å². The highest BCUT2D eigenvalue weighted by Gasteiger charge is 2.24. The van der Waals surface area contributed by atoms with Crippen LogP contribution in [-0.4, -0.2) is 67.7 Å². The van der Waals surface area contributed by atoms with Crippen LogP contribution >= 0.6 is 0 Å². The number of carbonyl (C=O) groups is 1. The van der Waals surface area contributed by atoms with E-state index in [4.69, 9.17) is 15.5 Å². The standard InChI is InChI=1S/C30H30N8O4/c1-18(34-26-22(17-33-30(31)36-26)28(40)37(2)14-15-39)27-35-23-11-7-10-21(19-12-13-32-24(16-19)42-3)25(23)29(41)38(27)20-8-5-4-6-9-20/h4-13,16-18,39H,14-15H2,1-3H3,(H3,31,33,34,36). The Morgan fingerprint density at radius 1 is 1.12 bits per heavy atom. The molecule has 0 bridgehead atoms. The van der Waals surface area contributed by atoms with Crippen LogP contribution in [0.5, 0.6) is 5.88 Å². The van der Waals surface area contributed by atoms with Crippen LogP contribution in [0.2, 0.25) is 0 Å². The molecule has 5 rings (SSSR count). The van der Waals surface area contributed by atoms with Crippen LogP contribution in [0.4, 0.5) is 11.8 Å². The Bertz CT molecular complexity index is 1810. The van der Waals surface area contributed by atoms with Gasteiger partial charge in [0.1, 0.15) is 17.2 Å². The first kappa shape index (κ1) is 28.2. The Kier molecular flexibility index (Phi) is 8.07. The van der Waals surface area contributed by atoms with Gasteiger partial charge in [-0.2, -0.15) is 4.98 Å². The number of carbonyl (C=O) groups excluding carboxylic acids is 1. The van der Waals surface area contributed by atoms with Crippen molar-refractivity contribution in [2.24, 2.45) is 0 Å². The summed E-state index contributed by atoms with van der Waals surface area (Å²) in [5.74, 6) is 0.562. The molecule has 0 fully saturated rings. The first-order valence-electron chi connectivity index (χ1n) is 13.2. The number of hydrogen-bond acceptors (Lipinski definition) is 10. The van der Waals surface area contributed by atoms with E-state index in [0.717, 1.165) is 5.56 Å². The van der Waals surface area contributed by atoms with Crippen molar-refractivity contribution < 1.29 is 14.6 Å². The zero-order valence-corrected chi connectivity index (χ0v) is 23.4. The molecule has 42 heavy (non-hydrogen) atoms. The molecule has 0 aliphatic heterocycles. The molecular formula is C30H30N8O4. The number of aliphatic hydroxyl groups is 1. The van der Waals surface area contributed by atoms with Crippen LogP contribution in [0.25, 0.3) is 27.7 Å². The SMILES string of the molecule is COc1cc(-c2cccc3nc(C(C)Nc4nc(N)ncc4C(=O)N(C)CCO)n(-c4ccccc4)c(=O)c23)ccn1. The van der Waals surface area contributed by atoms with Gasteiger partial charge in [0.05, 0.1) is 36.3 Å². The lowest BCUT2D eigenvalue weighted by atomic mass is 10.0. The summed E-state index contributed by atoms with van der Waals surface area (Å²) in [6.45, 7) is 1.74. The first-order chi connectivity index (χ1) is 20.3. The summed E-state index contributed by atoms with van der Waals surface area (Å²) in [7, 11) is 3.10. The molecule has 0 spiro atoms. The fourth-order valence-corrected chi connectivity index (χ4v) is 4.68. The number of hydrogen-bond donors (Lipinski definition) is 3. The number of methoxy groups -OCH3 is 1. The maximum atomic E-state index is 14.4. The molecule has 3 aromatic heterocycles. The van der Waals surface area contributed by atoms with Gasteiger partial charge < -0.3 is 25.8 Å². The summed E-state index contributed by atoms with van der Waals surface area (Å²) in [6.07, 6.45) is 2.96.